The van der Waals surface area contributed by atoms with Gasteiger partial charge in [-0.15, -0.1) is 0 Å². The lowest BCUT2D eigenvalue weighted by atomic mass is 10.2. The van der Waals surface area contributed by atoms with Gasteiger partial charge in [0.25, 0.3) is 11.5 Å². The van der Waals surface area contributed by atoms with Crippen LogP contribution in [-0.4, -0.2) is 27.6 Å². The van der Waals surface area contributed by atoms with E-state index >= 15 is 0 Å². The minimum atomic E-state index is -0.254. The first-order chi connectivity index (χ1) is 9.38. The lowest BCUT2D eigenvalue weighted by Gasteiger charge is -2.16. The van der Waals surface area contributed by atoms with E-state index < -0.39 is 0 Å². The molecule has 0 atom stereocenters. The second-order valence-electron chi connectivity index (χ2n) is 4.57. The van der Waals surface area contributed by atoms with Crippen LogP contribution in [-0.2, 0) is 13.6 Å². The predicted octanol–water partition coefficient (Wildman–Crippen LogP) is 1.72. The third-order valence-electron chi connectivity index (χ3n) is 2.83. The minimum absolute atomic E-state index is 0.234. The number of amides is 1. The second-order valence-corrected chi connectivity index (χ2v) is 5.43. The van der Waals surface area contributed by atoms with E-state index in [4.69, 9.17) is 4.52 Å². The zero-order valence-corrected chi connectivity index (χ0v) is 13.0. The molecule has 0 aliphatic rings. The molecule has 0 fully saturated rings. The molecule has 0 bridgehead atoms. The summed E-state index contributed by atoms with van der Waals surface area (Å²) in [6, 6.07) is 3.08. The summed E-state index contributed by atoms with van der Waals surface area (Å²) >= 11 is 3.30. The third kappa shape index (κ3) is 2.98. The molecule has 0 N–H and O–H groups in total. The number of carbonyl (C=O) groups is 1. The first-order valence-electron chi connectivity index (χ1n) is 5.92. The predicted molar refractivity (Wildman–Crippen MR) is 76.4 cm³/mol. The van der Waals surface area contributed by atoms with E-state index in [9.17, 15) is 9.59 Å². The van der Waals surface area contributed by atoms with Gasteiger partial charge in [-0.25, -0.2) is 0 Å². The van der Waals surface area contributed by atoms with Gasteiger partial charge in [-0.1, -0.05) is 5.16 Å². The van der Waals surface area contributed by atoms with Crippen molar-refractivity contribution in [3.63, 3.8) is 0 Å². The number of carbonyl (C=O) groups excluding carboxylic acids is 1. The van der Waals surface area contributed by atoms with Crippen molar-refractivity contribution in [3.8, 4) is 0 Å². The highest BCUT2D eigenvalue weighted by molar-refractivity contribution is 9.10. The summed E-state index contributed by atoms with van der Waals surface area (Å²) in [5, 5.41) is 3.84. The second kappa shape index (κ2) is 5.62. The van der Waals surface area contributed by atoms with Crippen molar-refractivity contribution >= 4 is 21.8 Å². The molecule has 106 valence electrons. The third-order valence-corrected chi connectivity index (χ3v) is 3.46. The summed E-state index contributed by atoms with van der Waals surface area (Å²) in [4.78, 5) is 25.4. The molecule has 0 saturated carbocycles. The van der Waals surface area contributed by atoms with Crippen LogP contribution in [0.3, 0.4) is 0 Å². The Hall–Kier alpha value is -1.89. The Balaban J connectivity index is 2.22. The Labute approximate surface area is 124 Å². The molecular formula is C13H14BrN3O3. The number of rotatable bonds is 3. The molecule has 2 rings (SSSR count). The van der Waals surface area contributed by atoms with Gasteiger partial charge in [-0.3, -0.25) is 9.59 Å². The molecule has 0 saturated heterocycles. The monoisotopic (exact) mass is 339 g/mol. The van der Waals surface area contributed by atoms with Crippen molar-refractivity contribution < 1.29 is 9.32 Å². The molecule has 2 aromatic heterocycles. The SMILES string of the molecule is Cc1cc(CN(C)C(=O)c2cc(=O)n(C)cc2Br)no1. The van der Waals surface area contributed by atoms with Crippen molar-refractivity contribution in [2.45, 2.75) is 13.5 Å². The average Bonchev–Trinajstić information content (AvgIpc) is 2.78. The van der Waals surface area contributed by atoms with Crippen LogP contribution in [0.5, 0.6) is 0 Å². The molecule has 6 nitrogen and oxygen atoms in total. The van der Waals surface area contributed by atoms with Gasteiger partial charge < -0.3 is 14.0 Å². The number of aryl methyl sites for hydroxylation is 2. The number of hydrogen-bond donors (Lipinski definition) is 0. The van der Waals surface area contributed by atoms with Gasteiger partial charge in [-0.05, 0) is 22.9 Å². The van der Waals surface area contributed by atoms with Gasteiger partial charge in [0, 0.05) is 36.9 Å². The van der Waals surface area contributed by atoms with Gasteiger partial charge in [-0.2, -0.15) is 0 Å². The summed E-state index contributed by atoms with van der Waals surface area (Å²) in [5.41, 5.74) is 0.761. The van der Waals surface area contributed by atoms with Crippen molar-refractivity contribution in [2.75, 3.05) is 7.05 Å². The van der Waals surface area contributed by atoms with E-state index in [-0.39, 0.29) is 11.5 Å². The maximum atomic E-state index is 12.3. The summed E-state index contributed by atoms with van der Waals surface area (Å²) in [6.45, 7) is 2.10. The smallest absolute Gasteiger partial charge is 0.255 e. The average molecular weight is 340 g/mol. The topological polar surface area (TPSA) is 68.3 Å². The Morgan fingerprint density at radius 1 is 1.50 bits per heavy atom. The molecule has 7 heteroatoms. The minimum Gasteiger partial charge on any atom is -0.361 e. The lowest BCUT2D eigenvalue weighted by molar-refractivity contribution is 0.0781. The van der Waals surface area contributed by atoms with Gasteiger partial charge in [0.05, 0.1) is 12.1 Å². The fraction of sp³-hybridized carbons (Fsp3) is 0.308. The van der Waals surface area contributed by atoms with Crippen LogP contribution >= 0.6 is 15.9 Å². The number of pyridine rings is 1. The van der Waals surface area contributed by atoms with Crippen molar-refractivity contribution in [2.24, 2.45) is 7.05 Å². The normalized spacial score (nSPS) is 10.6. The molecule has 2 aromatic rings. The van der Waals surface area contributed by atoms with Crippen LogP contribution in [0.4, 0.5) is 0 Å². The lowest BCUT2D eigenvalue weighted by Crippen LogP contribution is -2.28. The van der Waals surface area contributed by atoms with E-state index in [0.717, 1.165) is 0 Å². The van der Waals surface area contributed by atoms with Gasteiger partial charge >= 0.3 is 0 Å². The maximum absolute atomic E-state index is 12.3. The maximum Gasteiger partial charge on any atom is 0.255 e. The van der Waals surface area contributed by atoms with Crippen molar-refractivity contribution in [3.05, 3.63) is 50.2 Å². The van der Waals surface area contributed by atoms with Gasteiger partial charge in [0.1, 0.15) is 11.5 Å². The number of hydrogen-bond acceptors (Lipinski definition) is 4. The largest absolute Gasteiger partial charge is 0.361 e. The van der Waals surface area contributed by atoms with Crippen LogP contribution in [0.25, 0.3) is 0 Å². The van der Waals surface area contributed by atoms with Crippen molar-refractivity contribution in [1.82, 2.24) is 14.6 Å². The molecular weight excluding hydrogens is 326 g/mol. The van der Waals surface area contributed by atoms with E-state index in [2.05, 4.69) is 21.1 Å². The summed E-state index contributed by atoms with van der Waals surface area (Å²) in [6.07, 6.45) is 1.57. The van der Waals surface area contributed by atoms with E-state index in [1.807, 2.05) is 0 Å². The standard InChI is InChI=1S/C13H14BrN3O3/c1-8-4-9(15-20-8)6-17(3)13(19)10-5-12(18)16(2)7-11(10)14/h4-5,7H,6H2,1-3H3. The van der Waals surface area contributed by atoms with Gasteiger partial charge in [0.2, 0.25) is 0 Å². The quantitative estimate of drug-likeness (QED) is 0.853. The van der Waals surface area contributed by atoms with Crippen LogP contribution in [0.1, 0.15) is 21.8 Å². The first kappa shape index (κ1) is 14.5. The highest BCUT2D eigenvalue weighted by Gasteiger charge is 2.17. The summed E-state index contributed by atoms with van der Waals surface area (Å²) < 4.78 is 6.94. The number of aromatic nitrogens is 2. The molecule has 0 unspecified atom stereocenters. The molecule has 0 aliphatic carbocycles. The summed E-state index contributed by atoms with van der Waals surface area (Å²) in [5.74, 6) is 0.436. The number of halogens is 1. The van der Waals surface area contributed by atoms with Crippen LogP contribution < -0.4 is 5.56 Å². The molecule has 2 heterocycles. The molecule has 0 radical (unpaired) electrons. The van der Waals surface area contributed by atoms with Crippen LogP contribution in [0, 0.1) is 6.92 Å². The molecule has 1 amide bonds. The summed E-state index contributed by atoms with van der Waals surface area (Å²) in [7, 11) is 3.28. The Morgan fingerprint density at radius 3 is 2.80 bits per heavy atom. The van der Waals surface area contributed by atoms with Crippen LogP contribution in [0.15, 0.2) is 32.1 Å². The highest BCUT2D eigenvalue weighted by Crippen LogP contribution is 2.16. The van der Waals surface area contributed by atoms with Gasteiger partial charge in [0.15, 0.2) is 0 Å². The molecule has 20 heavy (non-hydrogen) atoms. The Bertz CT molecular complexity index is 705. The Kier molecular flexibility index (Phi) is 4.08. The first-order valence-corrected chi connectivity index (χ1v) is 6.71. The molecule has 0 aliphatic heterocycles. The zero-order chi connectivity index (χ0) is 14.9. The van der Waals surface area contributed by atoms with Crippen LogP contribution in [0.2, 0.25) is 0 Å². The molecule has 0 aromatic carbocycles. The fourth-order valence-electron chi connectivity index (χ4n) is 1.77. The molecule has 0 spiro atoms. The number of nitrogens with zero attached hydrogens (tertiary/aromatic N) is 3. The van der Waals surface area contributed by atoms with E-state index in [0.29, 0.717) is 28.0 Å². The zero-order valence-electron chi connectivity index (χ0n) is 11.4. The van der Waals surface area contributed by atoms with E-state index in [1.165, 1.54) is 15.5 Å². The van der Waals surface area contributed by atoms with Crippen molar-refractivity contribution in [1.29, 1.82) is 0 Å². The fourth-order valence-corrected chi connectivity index (χ4v) is 2.37. The van der Waals surface area contributed by atoms with E-state index in [1.54, 1.807) is 33.3 Å². The highest BCUT2D eigenvalue weighted by atomic mass is 79.9. The Morgan fingerprint density at radius 2 is 2.20 bits per heavy atom.